The summed E-state index contributed by atoms with van der Waals surface area (Å²) in [6.07, 6.45) is 0.901. The van der Waals surface area contributed by atoms with Gasteiger partial charge in [-0.1, -0.05) is 6.92 Å². The molecular formula is C9H9ClN2S. The summed E-state index contributed by atoms with van der Waals surface area (Å²) in [6.45, 7) is 4.12. The Hall–Kier alpha value is -0.670. The molecule has 4 heteroatoms. The Morgan fingerprint density at radius 3 is 2.92 bits per heavy atom. The Morgan fingerprint density at radius 2 is 2.23 bits per heavy atom. The largest absolute Gasteiger partial charge is 0.223 e. The fraction of sp³-hybridized carbons (Fsp3) is 0.333. The molecule has 0 aliphatic carbocycles. The third-order valence-electron chi connectivity index (χ3n) is 1.97. The number of halogens is 1. The van der Waals surface area contributed by atoms with Crippen molar-refractivity contribution in [2.45, 2.75) is 20.3 Å². The number of hydrogen-bond donors (Lipinski definition) is 0. The Morgan fingerprint density at radius 1 is 1.46 bits per heavy atom. The van der Waals surface area contributed by atoms with Crippen LogP contribution in [0.25, 0.3) is 10.2 Å². The monoisotopic (exact) mass is 212 g/mol. The highest BCUT2D eigenvalue weighted by molar-refractivity contribution is 7.17. The van der Waals surface area contributed by atoms with E-state index in [9.17, 15) is 0 Å². The Bertz CT molecular complexity index is 450. The summed E-state index contributed by atoms with van der Waals surface area (Å²) in [5.74, 6) is 0. The molecular weight excluding hydrogens is 204 g/mol. The first-order chi connectivity index (χ1) is 6.22. The highest BCUT2D eigenvalue weighted by Crippen LogP contribution is 2.27. The highest BCUT2D eigenvalue weighted by atomic mass is 35.5. The first kappa shape index (κ1) is 8.91. The molecule has 0 saturated heterocycles. The molecule has 0 amide bonds. The number of hydrogen-bond acceptors (Lipinski definition) is 3. The van der Waals surface area contributed by atoms with E-state index in [1.54, 1.807) is 11.3 Å². The first-order valence-electron chi connectivity index (χ1n) is 4.12. The van der Waals surface area contributed by atoms with Crippen molar-refractivity contribution in [3.63, 3.8) is 0 Å². The number of aromatic nitrogens is 2. The lowest BCUT2D eigenvalue weighted by Gasteiger charge is -1.98. The van der Waals surface area contributed by atoms with Gasteiger partial charge >= 0.3 is 0 Å². The van der Waals surface area contributed by atoms with Gasteiger partial charge in [-0.15, -0.1) is 11.3 Å². The molecule has 0 atom stereocenters. The van der Waals surface area contributed by atoms with E-state index in [4.69, 9.17) is 11.6 Å². The van der Waals surface area contributed by atoms with E-state index in [2.05, 4.69) is 22.3 Å². The molecule has 0 N–H and O–H groups in total. The number of rotatable bonds is 1. The SMILES string of the molecule is CCc1nc(Cl)nc2c(C)csc12. The average molecular weight is 213 g/mol. The van der Waals surface area contributed by atoms with E-state index in [0.29, 0.717) is 5.28 Å². The molecule has 0 saturated carbocycles. The second-order valence-electron chi connectivity index (χ2n) is 2.89. The van der Waals surface area contributed by atoms with Crippen LogP contribution >= 0.6 is 22.9 Å². The van der Waals surface area contributed by atoms with E-state index in [-0.39, 0.29) is 0 Å². The molecule has 0 bridgehead atoms. The minimum Gasteiger partial charge on any atom is -0.222 e. The number of fused-ring (bicyclic) bond motifs is 1. The van der Waals surface area contributed by atoms with Gasteiger partial charge in [0, 0.05) is 0 Å². The lowest BCUT2D eigenvalue weighted by atomic mass is 10.2. The van der Waals surface area contributed by atoms with Crippen molar-refractivity contribution in [2.24, 2.45) is 0 Å². The molecule has 0 radical (unpaired) electrons. The number of aryl methyl sites for hydroxylation is 2. The molecule has 2 aromatic rings. The van der Waals surface area contributed by atoms with Crippen LogP contribution in [0.1, 0.15) is 18.2 Å². The fourth-order valence-electron chi connectivity index (χ4n) is 1.30. The molecule has 2 nitrogen and oxygen atoms in total. The molecule has 0 fully saturated rings. The van der Waals surface area contributed by atoms with Crippen LogP contribution in [-0.2, 0) is 6.42 Å². The predicted molar refractivity (Wildman–Crippen MR) is 56.5 cm³/mol. The van der Waals surface area contributed by atoms with Crippen LogP contribution in [0.5, 0.6) is 0 Å². The van der Waals surface area contributed by atoms with Crippen molar-refractivity contribution in [3.05, 3.63) is 21.9 Å². The summed E-state index contributed by atoms with van der Waals surface area (Å²) in [5, 5.41) is 2.44. The molecule has 0 unspecified atom stereocenters. The summed E-state index contributed by atoms with van der Waals surface area (Å²) in [7, 11) is 0. The highest BCUT2D eigenvalue weighted by Gasteiger charge is 2.08. The van der Waals surface area contributed by atoms with Crippen LogP contribution in [0.2, 0.25) is 5.28 Å². The molecule has 0 aliphatic heterocycles. The summed E-state index contributed by atoms with van der Waals surface area (Å²) in [6, 6.07) is 0. The average Bonchev–Trinajstić information content (AvgIpc) is 2.47. The van der Waals surface area contributed by atoms with Crippen molar-refractivity contribution >= 4 is 33.2 Å². The first-order valence-corrected chi connectivity index (χ1v) is 5.38. The summed E-state index contributed by atoms with van der Waals surface area (Å²) in [4.78, 5) is 8.41. The molecule has 0 aromatic carbocycles. The van der Waals surface area contributed by atoms with Gasteiger partial charge in [-0.05, 0) is 35.9 Å². The van der Waals surface area contributed by atoms with Gasteiger partial charge in [0.1, 0.15) is 0 Å². The summed E-state index contributed by atoms with van der Waals surface area (Å²) < 4.78 is 1.17. The third-order valence-corrected chi connectivity index (χ3v) is 3.28. The quantitative estimate of drug-likeness (QED) is 0.679. The Kier molecular flexibility index (Phi) is 2.22. The maximum absolute atomic E-state index is 5.81. The minimum atomic E-state index is 0.353. The smallest absolute Gasteiger partial charge is 0.222 e. The van der Waals surface area contributed by atoms with Gasteiger partial charge in [0.05, 0.1) is 15.9 Å². The van der Waals surface area contributed by atoms with Crippen LogP contribution < -0.4 is 0 Å². The molecule has 0 spiro atoms. The zero-order valence-electron chi connectivity index (χ0n) is 7.47. The van der Waals surface area contributed by atoms with Crippen molar-refractivity contribution in [2.75, 3.05) is 0 Å². The second kappa shape index (κ2) is 3.24. The van der Waals surface area contributed by atoms with Gasteiger partial charge in [-0.2, -0.15) is 0 Å². The lowest BCUT2D eigenvalue weighted by molar-refractivity contribution is 1.03. The standard InChI is InChI=1S/C9H9ClN2S/c1-3-6-8-7(5(2)4-13-8)12-9(10)11-6/h4H,3H2,1-2H3. The zero-order chi connectivity index (χ0) is 9.42. The number of thiophene rings is 1. The molecule has 2 heterocycles. The normalized spacial score (nSPS) is 11.0. The van der Waals surface area contributed by atoms with E-state index in [0.717, 1.165) is 17.6 Å². The van der Waals surface area contributed by atoms with Crippen molar-refractivity contribution in [3.8, 4) is 0 Å². The minimum absolute atomic E-state index is 0.353. The van der Waals surface area contributed by atoms with Crippen LogP contribution in [0.15, 0.2) is 5.38 Å². The Balaban J connectivity index is 2.84. The number of nitrogens with zero attached hydrogens (tertiary/aromatic N) is 2. The maximum Gasteiger partial charge on any atom is 0.223 e. The molecule has 0 aliphatic rings. The lowest BCUT2D eigenvalue weighted by Crippen LogP contribution is -1.91. The van der Waals surface area contributed by atoms with E-state index < -0.39 is 0 Å². The van der Waals surface area contributed by atoms with E-state index >= 15 is 0 Å². The third kappa shape index (κ3) is 1.42. The maximum atomic E-state index is 5.81. The predicted octanol–water partition coefficient (Wildman–Crippen LogP) is 3.22. The fourth-order valence-corrected chi connectivity index (χ4v) is 2.54. The van der Waals surface area contributed by atoms with Gasteiger partial charge in [0.15, 0.2) is 0 Å². The van der Waals surface area contributed by atoms with Crippen LogP contribution in [-0.4, -0.2) is 9.97 Å². The van der Waals surface area contributed by atoms with Gasteiger partial charge in [0.2, 0.25) is 5.28 Å². The van der Waals surface area contributed by atoms with Crippen molar-refractivity contribution < 1.29 is 0 Å². The van der Waals surface area contributed by atoms with Gasteiger partial charge in [-0.25, -0.2) is 9.97 Å². The van der Waals surface area contributed by atoms with Gasteiger partial charge < -0.3 is 0 Å². The molecule has 13 heavy (non-hydrogen) atoms. The molecule has 2 aromatic heterocycles. The van der Waals surface area contributed by atoms with Crippen LogP contribution in [0.4, 0.5) is 0 Å². The van der Waals surface area contributed by atoms with Crippen LogP contribution in [0, 0.1) is 6.92 Å². The van der Waals surface area contributed by atoms with Crippen molar-refractivity contribution in [1.82, 2.24) is 9.97 Å². The van der Waals surface area contributed by atoms with E-state index in [1.807, 2.05) is 6.92 Å². The van der Waals surface area contributed by atoms with E-state index in [1.165, 1.54) is 10.3 Å². The summed E-state index contributed by atoms with van der Waals surface area (Å²) >= 11 is 7.50. The molecule has 2 rings (SSSR count). The van der Waals surface area contributed by atoms with Crippen LogP contribution in [0.3, 0.4) is 0 Å². The second-order valence-corrected chi connectivity index (χ2v) is 4.11. The topological polar surface area (TPSA) is 25.8 Å². The zero-order valence-corrected chi connectivity index (χ0v) is 9.04. The summed E-state index contributed by atoms with van der Waals surface area (Å²) in [5.41, 5.74) is 3.23. The Labute approximate surface area is 85.6 Å². The van der Waals surface area contributed by atoms with Crippen molar-refractivity contribution in [1.29, 1.82) is 0 Å². The van der Waals surface area contributed by atoms with Gasteiger partial charge in [-0.3, -0.25) is 0 Å². The van der Waals surface area contributed by atoms with Gasteiger partial charge in [0.25, 0.3) is 0 Å². The molecule has 68 valence electrons.